The van der Waals surface area contributed by atoms with E-state index in [-0.39, 0.29) is 5.41 Å². The van der Waals surface area contributed by atoms with Crippen LogP contribution in [0.4, 0.5) is 0 Å². The van der Waals surface area contributed by atoms with E-state index in [4.69, 9.17) is 0 Å². The highest BCUT2D eigenvalue weighted by molar-refractivity contribution is 6.33. The molecule has 692 valence electrons. The minimum atomic E-state index is -0.0480. The van der Waals surface area contributed by atoms with Gasteiger partial charge in [-0.3, -0.25) is 0 Å². The van der Waals surface area contributed by atoms with Crippen molar-refractivity contribution in [2.75, 3.05) is 0 Å². The zero-order valence-corrected chi connectivity index (χ0v) is 82.5. The second-order valence-electron chi connectivity index (χ2n) is 40.7. The van der Waals surface area contributed by atoms with Gasteiger partial charge in [-0.2, -0.15) is 0 Å². The Morgan fingerprint density at radius 1 is 0.101 bits per heavy atom. The highest BCUT2D eigenvalue weighted by Crippen LogP contribution is 2.58. The molecule has 1 aliphatic rings. The summed E-state index contributed by atoms with van der Waals surface area (Å²) in [6.07, 6.45) is 0. The molecule has 31 rings (SSSR count). The van der Waals surface area contributed by atoms with Gasteiger partial charge in [0.1, 0.15) is 0 Å². The first kappa shape index (κ1) is 86.7. The van der Waals surface area contributed by atoms with Crippen molar-refractivity contribution in [3.63, 3.8) is 0 Å². The lowest BCUT2D eigenvalue weighted by molar-refractivity contribution is 0.660. The van der Waals surface area contributed by atoms with Gasteiger partial charge >= 0.3 is 0 Å². The number of rotatable bonds is 9. The van der Waals surface area contributed by atoms with E-state index in [1.807, 2.05) is 0 Å². The molecule has 0 N–H and O–H groups in total. The third-order valence-corrected chi connectivity index (χ3v) is 32.5. The van der Waals surface area contributed by atoms with E-state index in [2.05, 4.69) is 560 Å². The van der Waals surface area contributed by atoms with E-state index >= 15 is 0 Å². The normalized spacial score (nSPS) is 12.3. The fourth-order valence-corrected chi connectivity index (χ4v) is 26.0. The lowest BCUT2D eigenvalue weighted by atomic mass is 9.81. The molecule has 30 aromatic rings. The van der Waals surface area contributed by atoms with Crippen LogP contribution < -0.4 is 0 Å². The monoisotopic (exact) mass is 1880 g/mol. The van der Waals surface area contributed by atoms with Gasteiger partial charge in [-0.1, -0.05) is 523 Å². The molecule has 0 radical (unpaired) electrons. The van der Waals surface area contributed by atoms with Crippen molar-refractivity contribution >= 4 is 183 Å². The van der Waals surface area contributed by atoms with Crippen LogP contribution in [-0.4, -0.2) is 0 Å². The van der Waals surface area contributed by atoms with Gasteiger partial charge in [0, 0.05) is 5.41 Å². The second-order valence-corrected chi connectivity index (χ2v) is 40.7. The molecule has 0 aliphatic heterocycles. The lowest BCUT2D eigenvalue weighted by Gasteiger charge is -2.22. The Kier molecular flexibility index (Phi) is 20.5. The molecule has 1 aliphatic carbocycles. The maximum Gasteiger partial charge on any atom is 0.0159 e. The second kappa shape index (κ2) is 35.2. The van der Waals surface area contributed by atoms with Gasteiger partial charge in [0.2, 0.25) is 0 Å². The van der Waals surface area contributed by atoms with Crippen LogP contribution in [0.3, 0.4) is 0 Å². The van der Waals surface area contributed by atoms with Gasteiger partial charge in [-0.25, -0.2) is 0 Å². The molecule has 0 unspecified atom stereocenters. The topological polar surface area (TPSA) is 0 Å². The Bertz CT molecular complexity index is 10700. The van der Waals surface area contributed by atoms with Crippen LogP contribution in [0.5, 0.6) is 0 Å². The molecule has 0 bridgehead atoms. The Balaban J connectivity index is 0.000000106. The van der Waals surface area contributed by atoms with Crippen molar-refractivity contribution in [3.05, 3.63) is 557 Å². The fourth-order valence-electron chi connectivity index (χ4n) is 26.0. The largest absolute Gasteiger partial charge is 0.0622 e. The predicted octanol–water partition coefficient (Wildman–Crippen LogP) is 42.0. The van der Waals surface area contributed by atoms with Crippen molar-refractivity contribution in [2.24, 2.45) is 0 Å². The van der Waals surface area contributed by atoms with Gasteiger partial charge in [0.25, 0.3) is 0 Å². The van der Waals surface area contributed by atoms with Crippen LogP contribution in [0.15, 0.2) is 546 Å². The summed E-state index contributed by atoms with van der Waals surface area (Å²) in [4.78, 5) is 0. The highest BCUT2D eigenvalue weighted by atomic mass is 14.4. The molecule has 0 heteroatoms. The molecule has 0 aromatic heterocycles. The first-order valence-electron chi connectivity index (χ1n) is 52.1. The van der Waals surface area contributed by atoms with E-state index in [9.17, 15) is 0 Å². The van der Waals surface area contributed by atoms with Gasteiger partial charge in [-0.15, -0.1) is 0 Å². The van der Waals surface area contributed by atoms with Crippen molar-refractivity contribution in [2.45, 2.75) is 19.3 Å². The first-order chi connectivity index (χ1) is 73.8. The van der Waals surface area contributed by atoms with Gasteiger partial charge in [0.05, 0.1) is 0 Å². The molecular weight excluding hydrogens is 1790 g/mol. The molecule has 149 heavy (non-hydrogen) atoms. The van der Waals surface area contributed by atoms with E-state index in [0.29, 0.717) is 0 Å². The lowest BCUT2D eigenvalue weighted by Crippen LogP contribution is -2.14. The predicted molar refractivity (Wildman–Crippen MR) is 643 cm³/mol. The summed E-state index contributed by atoms with van der Waals surface area (Å²) in [6.45, 7) is 4.73. The summed E-state index contributed by atoms with van der Waals surface area (Å²) >= 11 is 0. The number of hydrogen-bond acceptors (Lipinski definition) is 0. The summed E-state index contributed by atoms with van der Waals surface area (Å²) in [5.74, 6) is 0. The van der Waals surface area contributed by atoms with Crippen LogP contribution in [0.25, 0.3) is 294 Å². The van der Waals surface area contributed by atoms with E-state index < -0.39 is 0 Å². The van der Waals surface area contributed by atoms with E-state index in [0.717, 1.165) is 0 Å². The zero-order chi connectivity index (χ0) is 98.5. The quantitative estimate of drug-likeness (QED) is 0.0998. The van der Waals surface area contributed by atoms with E-state index in [1.54, 1.807) is 0 Å². The standard InChI is InChI=1S/C53H36.C52H32.C44H28/c1-53(2)48-28-14-13-26-46(48)52-40(27-15-29-49(52)53)39-30-31-45(37-20-7-6-19-36(37)39)50-41-22-9-11-24-43(41)51(44-25-12-10-23-42(44)50)47-32-33-16-3-4-17-34(33)35-18-5-8-21-38(35)47;1-6-20-39-33(15-1)29-36(48-30-34-16-2-4-18-37(34)40-21-7-9-23-42(40)48)32-49(39)51-44-25-11-13-27-46(44)52(47-28-14-12-26-45(47)51)50-31-35-17-3-5-19-38(35)41-22-8-10-24-43(41)50;1-2-14-29(15-3-1)31-24-12-26-35-34(31)25-13-27-37(35)43-38-20-8-10-22-40(38)44(41-23-11-9-21-39(41)43)42-28-30-16-4-5-17-32(30)33-18-6-7-19-36(33)42/h3-32H,1-2H3;1-32H;1-28H. The van der Waals surface area contributed by atoms with Crippen LogP contribution in [0, 0.1) is 0 Å². The van der Waals surface area contributed by atoms with Crippen LogP contribution in [0.1, 0.15) is 25.0 Å². The summed E-state index contributed by atoms with van der Waals surface area (Å²) < 4.78 is 0. The summed E-state index contributed by atoms with van der Waals surface area (Å²) in [5.41, 5.74) is 28.4. The number of hydrogen-bond donors (Lipinski definition) is 0. The Morgan fingerprint density at radius 2 is 0.315 bits per heavy atom. The number of fused-ring (bicyclic) bond motifs is 24. The van der Waals surface area contributed by atoms with Crippen LogP contribution >= 0.6 is 0 Å². The van der Waals surface area contributed by atoms with Crippen molar-refractivity contribution < 1.29 is 0 Å². The summed E-state index contributed by atoms with van der Waals surface area (Å²) in [7, 11) is 0. The summed E-state index contributed by atoms with van der Waals surface area (Å²) in [5, 5.41) is 43.3. The molecule has 0 fully saturated rings. The van der Waals surface area contributed by atoms with Gasteiger partial charge in [-0.05, 0) is 342 Å². The molecule has 0 saturated heterocycles. The van der Waals surface area contributed by atoms with E-state index in [1.165, 1.54) is 306 Å². The molecule has 0 amide bonds. The van der Waals surface area contributed by atoms with Crippen LogP contribution in [-0.2, 0) is 5.41 Å². The average molecular weight is 1890 g/mol. The van der Waals surface area contributed by atoms with Gasteiger partial charge < -0.3 is 0 Å². The van der Waals surface area contributed by atoms with Crippen LogP contribution in [0.2, 0.25) is 0 Å². The average Bonchev–Trinajstić information content (AvgIpc) is 1.44. The third-order valence-electron chi connectivity index (χ3n) is 32.5. The zero-order valence-electron chi connectivity index (χ0n) is 82.5. The summed E-state index contributed by atoms with van der Waals surface area (Å²) in [6, 6.07) is 202. The maximum atomic E-state index is 2.46. The van der Waals surface area contributed by atoms with Gasteiger partial charge in [0.15, 0.2) is 0 Å². The minimum Gasteiger partial charge on any atom is -0.0622 e. The van der Waals surface area contributed by atoms with Crippen molar-refractivity contribution in [1.29, 1.82) is 0 Å². The van der Waals surface area contributed by atoms with Crippen molar-refractivity contribution in [3.8, 4) is 111 Å². The molecule has 30 aromatic carbocycles. The van der Waals surface area contributed by atoms with Crippen molar-refractivity contribution in [1.82, 2.24) is 0 Å². The molecule has 0 heterocycles. The molecule has 0 saturated carbocycles. The third kappa shape index (κ3) is 13.9. The Morgan fingerprint density at radius 3 is 0.691 bits per heavy atom. The maximum absolute atomic E-state index is 2.46. The first-order valence-corrected chi connectivity index (χ1v) is 52.1. The minimum absolute atomic E-state index is 0.0480. The SMILES string of the molecule is CC1(C)c2ccccc2-c2c(-c3ccc(-c4c5ccccc5c(-c5cc6ccccc6c6ccccc56)c5ccccc45)c4ccccc34)cccc21.c1ccc(-c2cccc3c(-c4c5ccccc5c(-c5cc6ccccc6c6ccccc56)c5ccccc45)cccc23)cc1.c1ccc2c(-c3c4ccccc4c(-c4cc5ccccc5c5ccccc45)c4ccccc34)cc(-c3cc4ccccc4c4ccccc34)cc2c1. The number of benzene rings is 30. The molecule has 0 spiro atoms. The molecule has 0 nitrogen and oxygen atoms in total. The molecule has 0 atom stereocenters. The highest BCUT2D eigenvalue weighted by Gasteiger charge is 2.38. The Hall–Kier alpha value is -19.0. The molecular formula is C149H96. The smallest absolute Gasteiger partial charge is 0.0159 e. The fraction of sp³-hybridized carbons (Fsp3) is 0.0201. The Labute approximate surface area is 864 Å².